The lowest BCUT2D eigenvalue weighted by atomic mass is 10.2. The summed E-state index contributed by atoms with van der Waals surface area (Å²) < 4.78 is 51.7. The summed E-state index contributed by atoms with van der Waals surface area (Å²) in [6.45, 7) is 4.15. The summed E-state index contributed by atoms with van der Waals surface area (Å²) in [7, 11) is 0. The zero-order valence-corrected chi connectivity index (χ0v) is 21.0. The van der Waals surface area contributed by atoms with Crippen molar-refractivity contribution in [1.82, 2.24) is 9.55 Å². The fourth-order valence-corrected chi connectivity index (χ4v) is 4.62. The molecule has 1 aliphatic rings. The van der Waals surface area contributed by atoms with Crippen LogP contribution in [-0.2, 0) is 11.0 Å². The zero-order valence-electron chi connectivity index (χ0n) is 21.0. The number of carbonyl (C=O) groups is 2. The number of hydrogen-bond donors (Lipinski definition) is 1. The van der Waals surface area contributed by atoms with Crippen LogP contribution in [0.1, 0.15) is 42.7 Å². The topological polar surface area (TPSA) is 93.9 Å². The molecule has 2 aromatic carbocycles. The van der Waals surface area contributed by atoms with Gasteiger partial charge in [0.1, 0.15) is 11.5 Å². The summed E-state index contributed by atoms with van der Waals surface area (Å²) in [6.07, 6.45) is -3.02. The number of pyridine rings is 1. The number of benzene rings is 2. The van der Waals surface area contributed by atoms with Gasteiger partial charge in [0, 0.05) is 36.3 Å². The fourth-order valence-electron chi connectivity index (χ4n) is 4.62. The number of halogens is 3. The van der Waals surface area contributed by atoms with Gasteiger partial charge in [-0.25, -0.2) is 9.78 Å². The summed E-state index contributed by atoms with van der Waals surface area (Å²) in [5.74, 6) is -0.655. The van der Waals surface area contributed by atoms with Crippen molar-refractivity contribution >= 4 is 28.5 Å². The molecule has 2 aromatic heterocycles. The number of hydrogen-bond acceptors (Lipinski definition) is 5. The highest BCUT2D eigenvalue weighted by atomic mass is 19.4. The highest BCUT2D eigenvalue weighted by molar-refractivity contribution is 6.13. The molecule has 0 atom stereocenters. The Hall–Kier alpha value is -4.54. The normalized spacial score (nSPS) is 13.9. The number of rotatable bonds is 7. The van der Waals surface area contributed by atoms with Gasteiger partial charge in [-0.3, -0.25) is 4.79 Å². The second-order valence-corrected chi connectivity index (χ2v) is 9.31. The summed E-state index contributed by atoms with van der Waals surface area (Å²) in [5, 5.41) is 10.7. The molecule has 202 valence electrons. The molecule has 0 saturated carbocycles. The Morgan fingerprint density at radius 3 is 2.33 bits per heavy atom. The van der Waals surface area contributed by atoms with Crippen LogP contribution in [0.2, 0.25) is 0 Å². The van der Waals surface area contributed by atoms with Gasteiger partial charge in [0.25, 0.3) is 0 Å². The molecular formula is C28H24F3N3O5. The third kappa shape index (κ3) is 5.12. The fraction of sp³-hybridized carbons (Fsp3) is 0.250. The molecular weight excluding hydrogens is 515 g/mol. The molecule has 8 nitrogen and oxygen atoms in total. The van der Waals surface area contributed by atoms with Crippen molar-refractivity contribution in [2.24, 2.45) is 0 Å². The first-order valence-electron chi connectivity index (χ1n) is 12.2. The maximum atomic E-state index is 12.9. The van der Waals surface area contributed by atoms with Crippen molar-refractivity contribution in [3.05, 3.63) is 72.1 Å². The number of carbonyl (C=O) groups excluding carboxylic acids is 1. The Bertz CT molecular complexity index is 1540. The van der Waals surface area contributed by atoms with Crippen molar-refractivity contribution < 1.29 is 37.3 Å². The number of carboxylic acid groups (broad SMARTS) is 1. The van der Waals surface area contributed by atoms with E-state index in [0.717, 1.165) is 12.1 Å². The Balaban J connectivity index is 1.64. The van der Waals surface area contributed by atoms with Gasteiger partial charge in [-0.1, -0.05) is 0 Å². The Labute approximate surface area is 221 Å². The minimum absolute atomic E-state index is 0.0387. The van der Waals surface area contributed by atoms with Gasteiger partial charge >= 0.3 is 12.1 Å². The van der Waals surface area contributed by atoms with E-state index in [2.05, 4.69) is 4.98 Å². The Morgan fingerprint density at radius 1 is 1.05 bits per heavy atom. The molecule has 1 aliphatic heterocycles. The number of ether oxygens (including phenoxy) is 2. The van der Waals surface area contributed by atoms with Crippen LogP contribution in [0.25, 0.3) is 16.6 Å². The Kier molecular flexibility index (Phi) is 6.67. The number of fused-ring (bicyclic) bond motifs is 1. The molecule has 0 spiro atoms. The van der Waals surface area contributed by atoms with E-state index in [9.17, 15) is 27.9 Å². The summed E-state index contributed by atoms with van der Waals surface area (Å²) in [5.41, 5.74) is 0.279. The lowest BCUT2D eigenvalue weighted by Gasteiger charge is -2.17. The number of amides is 1. The average molecular weight is 540 g/mol. The molecule has 0 radical (unpaired) electrons. The van der Waals surface area contributed by atoms with E-state index < -0.39 is 17.7 Å². The van der Waals surface area contributed by atoms with Gasteiger partial charge in [-0.05, 0) is 68.8 Å². The molecule has 1 amide bonds. The number of aromatic carboxylic acids is 1. The molecule has 5 rings (SSSR count). The molecule has 11 heteroatoms. The number of aromatic nitrogens is 2. The van der Waals surface area contributed by atoms with Crippen LogP contribution in [0.3, 0.4) is 0 Å². The minimum atomic E-state index is -4.53. The molecule has 1 saturated heterocycles. The lowest BCUT2D eigenvalue weighted by Crippen LogP contribution is -2.26. The maximum absolute atomic E-state index is 12.9. The summed E-state index contributed by atoms with van der Waals surface area (Å²) >= 11 is 0. The van der Waals surface area contributed by atoms with E-state index in [1.165, 1.54) is 4.90 Å². The molecule has 39 heavy (non-hydrogen) atoms. The second-order valence-electron chi connectivity index (χ2n) is 9.31. The van der Waals surface area contributed by atoms with E-state index in [0.29, 0.717) is 47.9 Å². The van der Waals surface area contributed by atoms with Crippen molar-refractivity contribution in [1.29, 1.82) is 0 Å². The predicted octanol–water partition coefficient (Wildman–Crippen LogP) is 6.45. The first-order chi connectivity index (χ1) is 18.5. The third-order valence-corrected chi connectivity index (χ3v) is 6.21. The summed E-state index contributed by atoms with van der Waals surface area (Å²) in [6, 6.07) is 13.7. The molecule has 1 fully saturated rings. The molecule has 1 N–H and O–H groups in total. The smallest absolute Gasteiger partial charge is 0.417 e. The van der Waals surface area contributed by atoms with Crippen molar-refractivity contribution in [3.63, 3.8) is 0 Å². The molecule has 0 bridgehead atoms. The van der Waals surface area contributed by atoms with Crippen molar-refractivity contribution in [3.8, 4) is 23.1 Å². The van der Waals surface area contributed by atoms with Crippen LogP contribution >= 0.6 is 0 Å². The van der Waals surface area contributed by atoms with Crippen LogP contribution in [-0.4, -0.2) is 39.2 Å². The van der Waals surface area contributed by atoms with Crippen LogP contribution < -0.4 is 14.4 Å². The molecule has 3 heterocycles. The first-order valence-corrected chi connectivity index (χ1v) is 12.2. The number of alkyl halides is 3. The van der Waals surface area contributed by atoms with Crippen LogP contribution in [0.15, 0.2) is 60.8 Å². The predicted molar refractivity (Wildman–Crippen MR) is 137 cm³/mol. The monoisotopic (exact) mass is 539 g/mol. The molecule has 4 aromatic rings. The highest BCUT2D eigenvalue weighted by Gasteiger charge is 2.33. The minimum Gasteiger partial charge on any atom is -0.491 e. The average Bonchev–Trinajstić information content (AvgIpc) is 3.44. The summed E-state index contributed by atoms with van der Waals surface area (Å²) in [4.78, 5) is 30.6. The zero-order chi connectivity index (χ0) is 27.9. The number of anilines is 1. The Morgan fingerprint density at radius 2 is 1.77 bits per heavy atom. The number of carboxylic acids is 1. The molecule has 0 aliphatic carbocycles. The van der Waals surface area contributed by atoms with Gasteiger partial charge in [-0.15, -0.1) is 0 Å². The van der Waals surface area contributed by atoms with Gasteiger partial charge in [0.05, 0.1) is 22.9 Å². The van der Waals surface area contributed by atoms with E-state index in [4.69, 9.17) is 9.47 Å². The van der Waals surface area contributed by atoms with Crippen molar-refractivity contribution in [2.75, 3.05) is 11.4 Å². The van der Waals surface area contributed by atoms with E-state index in [1.807, 2.05) is 13.8 Å². The van der Waals surface area contributed by atoms with E-state index >= 15 is 0 Å². The number of nitrogens with zero attached hydrogens (tertiary/aromatic N) is 3. The maximum Gasteiger partial charge on any atom is 0.417 e. The van der Waals surface area contributed by atoms with Gasteiger partial charge in [-0.2, -0.15) is 13.2 Å². The quantitative estimate of drug-likeness (QED) is 0.290. The third-order valence-electron chi connectivity index (χ3n) is 6.21. The second kappa shape index (κ2) is 9.97. The first kappa shape index (κ1) is 26.1. The molecule has 0 unspecified atom stereocenters. The van der Waals surface area contributed by atoms with Crippen LogP contribution in [0.5, 0.6) is 17.4 Å². The highest BCUT2D eigenvalue weighted by Crippen LogP contribution is 2.41. The standard InChI is InChI=1S/C28H24F3N3O5/c1-16(2)38-19-8-6-18(7-9-19)34-22-11-10-20(39-23-12-5-17(15-32-23)28(29,30)31)14-21(22)25(26(34)27(36)37)33-13-3-4-24(33)35/h5-12,14-16H,3-4,13H2,1-2H3,(H,36,37). The largest absolute Gasteiger partial charge is 0.491 e. The van der Waals surface area contributed by atoms with Crippen molar-refractivity contribution in [2.45, 2.75) is 39.0 Å². The van der Waals surface area contributed by atoms with Gasteiger partial charge in [0.15, 0.2) is 5.69 Å². The van der Waals surface area contributed by atoms with Gasteiger partial charge < -0.3 is 24.0 Å². The lowest BCUT2D eigenvalue weighted by molar-refractivity contribution is -0.137. The SMILES string of the molecule is CC(C)Oc1ccc(-n2c(C(=O)O)c(N3CCCC3=O)c3cc(Oc4ccc(C(F)(F)F)cn4)ccc32)cc1. The van der Waals surface area contributed by atoms with Crippen LogP contribution in [0, 0.1) is 0 Å². The van der Waals surface area contributed by atoms with Gasteiger partial charge in [0.2, 0.25) is 11.8 Å². The van der Waals surface area contributed by atoms with E-state index in [1.54, 1.807) is 47.0 Å². The van der Waals surface area contributed by atoms with E-state index in [-0.39, 0.29) is 35.0 Å². The van der Waals surface area contributed by atoms with Crippen LogP contribution in [0.4, 0.5) is 18.9 Å².